The molecule has 0 aliphatic carbocycles. The second-order valence-electron chi connectivity index (χ2n) is 5.55. The fourth-order valence-corrected chi connectivity index (χ4v) is 2.01. The standard InChI is InChI=1S/C19H17F2N3O4/c20-15-7-4-13(9-16(15)21)24-19(27)10-23-18(26)8-3-12-1-5-14(6-2-12)28-11-17(22)25/h1-9H,10-11H2,(H2,22,25)(H,23,26)(H,24,27)/b8-3+. The maximum absolute atomic E-state index is 13.1. The van der Waals surface area contributed by atoms with Crippen LogP contribution in [0.15, 0.2) is 48.5 Å². The molecule has 3 amide bonds. The van der Waals surface area contributed by atoms with Gasteiger partial charge in [0.1, 0.15) is 5.75 Å². The molecule has 0 saturated heterocycles. The van der Waals surface area contributed by atoms with Gasteiger partial charge < -0.3 is 21.1 Å². The van der Waals surface area contributed by atoms with Crippen LogP contribution in [0.25, 0.3) is 6.08 Å². The first-order valence-electron chi connectivity index (χ1n) is 8.05. The molecular weight excluding hydrogens is 372 g/mol. The van der Waals surface area contributed by atoms with Crippen LogP contribution < -0.4 is 21.1 Å². The molecule has 4 N–H and O–H groups in total. The van der Waals surface area contributed by atoms with Crippen LogP contribution >= 0.6 is 0 Å². The zero-order chi connectivity index (χ0) is 20.5. The number of hydrogen-bond donors (Lipinski definition) is 3. The first-order chi connectivity index (χ1) is 13.3. The van der Waals surface area contributed by atoms with Gasteiger partial charge in [-0.25, -0.2) is 8.78 Å². The van der Waals surface area contributed by atoms with Crippen molar-refractivity contribution in [3.8, 4) is 5.75 Å². The van der Waals surface area contributed by atoms with Crippen LogP contribution in [0.5, 0.6) is 5.75 Å². The van der Waals surface area contributed by atoms with E-state index in [-0.39, 0.29) is 18.8 Å². The summed E-state index contributed by atoms with van der Waals surface area (Å²) in [5, 5.41) is 4.70. The number of amides is 3. The van der Waals surface area contributed by atoms with Gasteiger partial charge >= 0.3 is 0 Å². The van der Waals surface area contributed by atoms with Gasteiger partial charge in [-0.2, -0.15) is 0 Å². The maximum atomic E-state index is 13.1. The highest BCUT2D eigenvalue weighted by Gasteiger charge is 2.07. The van der Waals surface area contributed by atoms with Gasteiger partial charge in [0.2, 0.25) is 11.8 Å². The number of halogens is 2. The van der Waals surface area contributed by atoms with E-state index in [1.54, 1.807) is 24.3 Å². The molecule has 0 aromatic heterocycles. The highest BCUT2D eigenvalue weighted by molar-refractivity contribution is 5.97. The fourth-order valence-electron chi connectivity index (χ4n) is 2.01. The van der Waals surface area contributed by atoms with E-state index in [1.807, 2.05) is 0 Å². The summed E-state index contributed by atoms with van der Waals surface area (Å²) in [4.78, 5) is 34.1. The number of primary amides is 1. The Balaban J connectivity index is 1.78. The molecule has 28 heavy (non-hydrogen) atoms. The van der Waals surface area contributed by atoms with E-state index < -0.39 is 29.4 Å². The van der Waals surface area contributed by atoms with Crippen LogP contribution in [0.2, 0.25) is 0 Å². The number of benzene rings is 2. The highest BCUT2D eigenvalue weighted by atomic mass is 19.2. The van der Waals surface area contributed by atoms with E-state index in [0.717, 1.165) is 12.1 Å². The first-order valence-corrected chi connectivity index (χ1v) is 8.05. The molecule has 146 valence electrons. The van der Waals surface area contributed by atoms with Crippen molar-refractivity contribution in [3.05, 3.63) is 65.7 Å². The zero-order valence-electron chi connectivity index (χ0n) is 14.6. The predicted molar refractivity (Wildman–Crippen MR) is 98.2 cm³/mol. The Morgan fingerprint density at radius 1 is 1.04 bits per heavy atom. The Hall–Kier alpha value is -3.75. The number of nitrogens with two attached hydrogens (primary N) is 1. The second kappa shape index (κ2) is 9.81. The number of carbonyl (C=O) groups excluding carboxylic acids is 3. The molecule has 0 aliphatic heterocycles. The molecule has 2 aromatic carbocycles. The van der Waals surface area contributed by atoms with Crippen molar-refractivity contribution >= 4 is 29.5 Å². The van der Waals surface area contributed by atoms with Crippen LogP contribution in [0.4, 0.5) is 14.5 Å². The van der Waals surface area contributed by atoms with E-state index >= 15 is 0 Å². The lowest BCUT2D eigenvalue weighted by Crippen LogP contribution is -2.31. The van der Waals surface area contributed by atoms with Gasteiger partial charge in [0, 0.05) is 17.8 Å². The summed E-state index contributed by atoms with van der Waals surface area (Å²) in [6.07, 6.45) is 2.74. The van der Waals surface area contributed by atoms with Crippen molar-refractivity contribution < 1.29 is 27.9 Å². The number of ether oxygens (including phenoxy) is 1. The molecule has 0 saturated carbocycles. The molecule has 0 bridgehead atoms. The minimum absolute atomic E-state index is 0.0762. The molecule has 0 unspecified atom stereocenters. The fraction of sp³-hybridized carbons (Fsp3) is 0.105. The Morgan fingerprint density at radius 3 is 2.39 bits per heavy atom. The third-order valence-electron chi connectivity index (χ3n) is 3.31. The van der Waals surface area contributed by atoms with Gasteiger partial charge in [0.05, 0.1) is 6.54 Å². The summed E-state index contributed by atoms with van der Waals surface area (Å²) >= 11 is 0. The zero-order valence-corrected chi connectivity index (χ0v) is 14.6. The summed E-state index contributed by atoms with van der Waals surface area (Å²) in [5.74, 6) is -3.36. The van der Waals surface area contributed by atoms with Gasteiger partial charge in [-0.3, -0.25) is 14.4 Å². The van der Waals surface area contributed by atoms with E-state index in [0.29, 0.717) is 11.3 Å². The molecule has 0 radical (unpaired) electrons. The summed E-state index contributed by atoms with van der Waals surface area (Å²) in [6, 6.07) is 9.47. The molecule has 2 rings (SSSR count). The van der Waals surface area contributed by atoms with Gasteiger partial charge in [-0.1, -0.05) is 12.1 Å². The molecule has 0 heterocycles. The Morgan fingerprint density at radius 2 is 1.75 bits per heavy atom. The number of nitrogens with one attached hydrogen (secondary N) is 2. The lowest BCUT2D eigenvalue weighted by Gasteiger charge is -2.06. The third kappa shape index (κ3) is 6.87. The number of rotatable bonds is 8. The van der Waals surface area contributed by atoms with Crippen LogP contribution in [-0.2, 0) is 14.4 Å². The normalized spacial score (nSPS) is 10.5. The van der Waals surface area contributed by atoms with Crippen molar-refractivity contribution in [2.45, 2.75) is 0 Å². The van der Waals surface area contributed by atoms with Crippen LogP contribution in [0.3, 0.4) is 0 Å². The van der Waals surface area contributed by atoms with Crippen LogP contribution in [-0.4, -0.2) is 30.9 Å². The van der Waals surface area contributed by atoms with Crippen LogP contribution in [0, 0.1) is 11.6 Å². The topological polar surface area (TPSA) is 111 Å². The average molecular weight is 389 g/mol. The Kier molecular flexibility index (Phi) is 7.21. The Bertz CT molecular complexity index is 899. The van der Waals surface area contributed by atoms with Crippen molar-refractivity contribution in [3.63, 3.8) is 0 Å². The average Bonchev–Trinajstić information content (AvgIpc) is 2.66. The van der Waals surface area contributed by atoms with Gasteiger partial charge in [-0.15, -0.1) is 0 Å². The van der Waals surface area contributed by atoms with E-state index in [4.69, 9.17) is 10.5 Å². The molecule has 0 fully saturated rings. The Labute approximate surface area is 159 Å². The van der Waals surface area contributed by atoms with Crippen molar-refractivity contribution in [2.75, 3.05) is 18.5 Å². The molecule has 9 heteroatoms. The van der Waals surface area contributed by atoms with Crippen molar-refractivity contribution in [1.29, 1.82) is 0 Å². The van der Waals surface area contributed by atoms with Gasteiger partial charge in [-0.05, 0) is 35.9 Å². The third-order valence-corrected chi connectivity index (χ3v) is 3.31. The lowest BCUT2D eigenvalue weighted by atomic mass is 10.2. The predicted octanol–water partition coefficient (Wildman–Crippen LogP) is 1.60. The maximum Gasteiger partial charge on any atom is 0.255 e. The first kappa shape index (κ1) is 20.6. The summed E-state index contributed by atoms with van der Waals surface area (Å²) in [6.45, 7) is -0.577. The molecular formula is C19H17F2N3O4. The minimum Gasteiger partial charge on any atom is -0.484 e. The summed E-state index contributed by atoms with van der Waals surface area (Å²) < 4.78 is 31.0. The lowest BCUT2D eigenvalue weighted by molar-refractivity contribution is -0.121. The number of carbonyl (C=O) groups is 3. The monoisotopic (exact) mass is 389 g/mol. The summed E-state index contributed by atoms with van der Waals surface area (Å²) in [5.41, 5.74) is 5.74. The van der Waals surface area contributed by atoms with Crippen LogP contribution in [0.1, 0.15) is 5.56 Å². The smallest absolute Gasteiger partial charge is 0.255 e. The minimum atomic E-state index is -1.09. The number of anilines is 1. The molecule has 0 spiro atoms. The number of hydrogen-bond acceptors (Lipinski definition) is 4. The quantitative estimate of drug-likeness (QED) is 0.596. The molecule has 0 aliphatic rings. The highest BCUT2D eigenvalue weighted by Crippen LogP contribution is 2.13. The molecule has 2 aromatic rings. The molecule has 7 nitrogen and oxygen atoms in total. The van der Waals surface area contributed by atoms with E-state index in [2.05, 4.69) is 10.6 Å². The largest absolute Gasteiger partial charge is 0.484 e. The van der Waals surface area contributed by atoms with Gasteiger partial charge in [0.15, 0.2) is 18.2 Å². The summed E-state index contributed by atoms with van der Waals surface area (Å²) in [7, 11) is 0. The van der Waals surface area contributed by atoms with Crippen molar-refractivity contribution in [1.82, 2.24) is 5.32 Å². The van der Waals surface area contributed by atoms with Crippen molar-refractivity contribution in [2.24, 2.45) is 5.73 Å². The van der Waals surface area contributed by atoms with Gasteiger partial charge in [0.25, 0.3) is 5.91 Å². The van der Waals surface area contributed by atoms with E-state index in [1.165, 1.54) is 18.2 Å². The SMILES string of the molecule is NC(=O)COc1ccc(/C=C/C(=O)NCC(=O)Nc2ccc(F)c(F)c2)cc1. The molecule has 0 atom stereocenters. The second-order valence-corrected chi connectivity index (χ2v) is 5.55. The van der Waals surface area contributed by atoms with E-state index in [9.17, 15) is 23.2 Å².